The van der Waals surface area contributed by atoms with Crippen molar-refractivity contribution in [1.82, 2.24) is 4.98 Å². The van der Waals surface area contributed by atoms with Crippen molar-refractivity contribution >= 4 is 45.9 Å². The van der Waals surface area contributed by atoms with Crippen LogP contribution in [0.1, 0.15) is 10.4 Å². The van der Waals surface area contributed by atoms with Gasteiger partial charge in [0.2, 0.25) is 5.89 Å². The van der Waals surface area contributed by atoms with E-state index in [0.717, 1.165) is 5.56 Å². The molecule has 0 aliphatic carbocycles. The van der Waals surface area contributed by atoms with Crippen LogP contribution in [0.5, 0.6) is 5.75 Å². The molecule has 0 bridgehead atoms. The van der Waals surface area contributed by atoms with Gasteiger partial charge < -0.3 is 14.5 Å². The minimum Gasteiger partial charge on any atom is -0.496 e. The van der Waals surface area contributed by atoms with Gasteiger partial charge in [0.15, 0.2) is 5.58 Å². The van der Waals surface area contributed by atoms with Crippen LogP contribution in [0.2, 0.25) is 10.0 Å². The SMILES string of the molecule is COc1ccccc1-c1nc2cc(NC(=O)c3ccc(Cl)cc3Cl)ccc2o1. The molecule has 0 saturated heterocycles. The Morgan fingerprint density at radius 3 is 2.68 bits per heavy atom. The smallest absolute Gasteiger partial charge is 0.257 e. The third-order valence-electron chi connectivity index (χ3n) is 4.16. The van der Waals surface area contributed by atoms with Gasteiger partial charge in [0.25, 0.3) is 5.91 Å². The van der Waals surface area contributed by atoms with Crippen LogP contribution in [-0.2, 0) is 0 Å². The fraction of sp³-hybridized carbons (Fsp3) is 0.0476. The normalized spacial score (nSPS) is 10.8. The minimum absolute atomic E-state index is 0.283. The zero-order valence-corrected chi connectivity index (χ0v) is 16.2. The zero-order valence-electron chi connectivity index (χ0n) is 14.7. The number of hydrogen-bond acceptors (Lipinski definition) is 4. The second-order valence-electron chi connectivity index (χ2n) is 5.98. The molecule has 140 valence electrons. The second-order valence-corrected chi connectivity index (χ2v) is 6.82. The van der Waals surface area contributed by atoms with Crippen LogP contribution < -0.4 is 10.1 Å². The summed E-state index contributed by atoms with van der Waals surface area (Å²) in [5.74, 6) is 0.770. The number of benzene rings is 3. The molecule has 4 aromatic rings. The molecule has 0 aliphatic rings. The average molecular weight is 413 g/mol. The number of ether oxygens (including phenoxy) is 1. The Bertz CT molecular complexity index is 1190. The number of rotatable bonds is 4. The number of methoxy groups -OCH3 is 1. The lowest BCUT2D eigenvalue weighted by atomic mass is 10.2. The van der Waals surface area contributed by atoms with Crippen molar-refractivity contribution in [3.8, 4) is 17.2 Å². The lowest BCUT2D eigenvalue weighted by Crippen LogP contribution is -2.12. The number of nitrogens with one attached hydrogen (secondary N) is 1. The van der Waals surface area contributed by atoms with E-state index in [1.54, 1.807) is 37.4 Å². The predicted octanol–water partition coefficient (Wildman–Crippen LogP) is 6.06. The van der Waals surface area contributed by atoms with Gasteiger partial charge in [-0.1, -0.05) is 35.3 Å². The van der Waals surface area contributed by atoms with Gasteiger partial charge in [-0.05, 0) is 48.5 Å². The van der Waals surface area contributed by atoms with Gasteiger partial charge in [-0.2, -0.15) is 0 Å². The van der Waals surface area contributed by atoms with Crippen LogP contribution in [0, 0.1) is 0 Å². The van der Waals surface area contributed by atoms with Crippen LogP contribution in [0.3, 0.4) is 0 Å². The number of aromatic nitrogens is 1. The highest BCUT2D eigenvalue weighted by Gasteiger charge is 2.15. The number of carbonyl (C=O) groups excluding carboxylic acids is 1. The zero-order chi connectivity index (χ0) is 19.7. The number of nitrogens with zero attached hydrogens (tertiary/aromatic N) is 1. The van der Waals surface area contributed by atoms with Gasteiger partial charge in [0.05, 0.1) is 23.3 Å². The van der Waals surface area contributed by atoms with Crippen molar-refractivity contribution in [2.24, 2.45) is 0 Å². The summed E-state index contributed by atoms with van der Waals surface area (Å²) < 4.78 is 11.2. The summed E-state index contributed by atoms with van der Waals surface area (Å²) >= 11 is 12.0. The number of oxazole rings is 1. The number of hydrogen-bond donors (Lipinski definition) is 1. The maximum atomic E-state index is 12.5. The Labute approximate surface area is 170 Å². The summed E-state index contributed by atoms with van der Waals surface area (Å²) in [4.78, 5) is 17.0. The van der Waals surface area contributed by atoms with Gasteiger partial charge in [-0.25, -0.2) is 4.98 Å². The molecule has 7 heteroatoms. The highest BCUT2D eigenvalue weighted by atomic mass is 35.5. The molecule has 1 heterocycles. The van der Waals surface area contributed by atoms with E-state index in [-0.39, 0.29) is 10.9 Å². The maximum absolute atomic E-state index is 12.5. The van der Waals surface area contributed by atoms with E-state index in [1.807, 2.05) is 24.3 Å². The Morgan fingerprint density at radius 1 is 1.07 bits per heavy atom. The quantitative estimate of drug-likeness (QED) is 0.442. The van der Waals surface area contributed by atoms with Crippen molar-refractivity contribution in [2.45, 2.75) is 0 Å². The monoisotopic (exact) mass is 412 g/mol. The molecule has 3 aromatic carbocycles. The Morgan fingerprint density at radius 2 is 1.89 bits per heavy atom. The third-order valence-corrected chi connectivity index (χ3v) is 4.71. The van der Waals surface area contributed by atoms with E-state index >= 15 is 0 Å². The molecular formula is C21H14Cl2N2O3. The number of carbonyl (C=O) groups is 1. The van der Waals surface area contributed by atoms with Crippen molar-refractivity contribution < 1.29 is 13.9 Å². The third kappa shape index (κ3) is 3.54. The second kappa shape index (κ2) is 7.54. The van der Waals surface area contributed by atoms with Gasteiger partial charge in [-0.3, -0.25) is 4.79 Å². The summed E-state index contributed by atoms with van der Waals surface area (Å²) in [6.07, 6.45) is 0. The predicted molar refractivity (Wildman–Crippen MR) is 110 cm³/mol. The number of amides is 1. The fourth-order valence-corrected chi connectivity index (χ4v) is 3.31. The topological polar surface area (TPSA) is 64.4 Å². The minimum atomic E-state index is -0.338. The molecule has 1 N–H and O–H groups in total. The van der Waals surface area contributed by atoms with Crippen LogP contribution in [0.4, 0.5) is 5.69 Å². The summed E-state index contributed by atoms with van der Waals surface area (Å²) in [6, 6.07) is 17.4. The Balaban J connectivity index is 1.64. The number of halogens is 2. The Kier molecular flexibility index (Phi) is 4.94. The molecule has 4 rings (SSSR count). The number of anilines is 1. The summed E-state index contributed by atoms with van der Waals surface area (Å²) in [6.45, 7) is 0. The summed E-state index contributed by atoms with van der Waals surface area (Å²) in [5, 5.41) is 3.56. The van der Waals surface area contributed by atoms with E-state index < -0.39 is 0 Å². The molecule has 1 amide bonds. The van der Waals surface area contributed by atoms with Crippen LogP contribution >= 0.6 is 23.2 Å². The first-order chi connectivity index (χ1) is 13.5. The molecule has 28 heavy (non-hydrogen) atoms. The van der Waals surface area contributed by atoms with Gasteiger partial charge in [-0.15, -0.1) is 0 Å². The van der Waals surface area contributed by atoms with E-state index in [9.17, 15) is 4.79 Å². The van der Waals surface area contributed by atoms with E-state index in [1.165, 1.54) is 6.07 Å². The van der Waals surface area contributed by atoms with Crippen molar-refractivity contribution in [1.29, 1.82) is 0 Å². The first kappa shape index (κ1) is 18.3. The van der Waals surface area contributed by atoms with Crippen LogP contribution in [0.15, 0.2) is 65.1 Å². The van der Waals surface area contributed by atoms with E-state index in [4.69, 9.17) is 32.4 Å². The molecule has 5 nitrogen and oxygen atoms in total. The molecule has 0 spiro atoms. The average Bonchev–Trinajstić information content (AvgIpc) is 3.11. The molecular weight excluding hydrogens is 399 g/mol. The van der Waals surface area contributed by atoms with Crippen molar-refractivity contribution in [3.05, 3.63) is 76.3 Å². The maximum Gasteiger partial charge on any atom is 0.257 e. The largest absolute Gasteiger partial charge is 0.496 e. The number of para-hydroxylation sites is 1. The van der Waals surface area contributed by atoms with E-state index in [2.05, 4.69) is 10.3 Å². The van der Waals surface area contributed by atoms with E-state index in [0.29, 0.717) is 39.0 Å². The number of fused-ring (bicyclic) bond motifs is 1. The first-order valence-corrected chi connectivity index (χ1v) is 9.11. The van der Waals surface area contributed by atoms with Gasteiger partial charge >= 0.3 is 0 Å². The van der Waals surface area contributed by atoms with Crippen LogP contribution in [0.25, 0.3) is 22.6 Å². The van der Waals surface area contributed by atoms with Crippen molar-refractivity contribution in [2.75, 3.05) is 12.4 Å². The molecule has 1 aromatic heterocycles. The Hall–Kier alpha value is -3.02. The molecule has 0 atom stereocenters. The highest BCUT2D eigenvalue weighted by Crippen LogP contribution is 2.32. The first-order valence-electron chi connectivity index (χ1n) is 8.35. The fourth-order valence-electron chi connectivity index (χ4n) is 2.81. The molecule has 0 radical (unpaired) electrons. The summed E-state index contributed by atoms with van der Waals surface area (Å²) in [5.41, 5.74) is 2.87. The lowest BCUT2D eigenvalue weighted by molar-refractivity contribution is 0.102. The van der Waals surface area contributed by atoms with Crippen molar-refractivity contribution in [3.63, 3.8) is 0 Å². The molecule has 0 unspecified atom stereocenters. The molecule has 0 fully saturated rings. The van der Waals surface area contributed by atoms with Gasteiger partial charge in [0, 0.05) is 10.7 Å². The molecule has 0 aliphatic heterocycles. The summed E-state index contributed by atoms with van der Waals surface area (Å²) in [7, 11) is 1.59. The highest BCUT2D eigenvalue weighted by molar-refractivity contribution is 6.37. The lowest BCUT2D eigenvalue weighted by Gasteiger charge is -2.06. The molecule has 0 saturated carbocycles. The van der Waals surface area contributed by atoms with Crippen LogP contribution in [-0.4, -0.2) is 18.0 Å². The standard InChI is InChI=1S/C21H14Cl2N2O3/c1-27-18-5-3-2-4-15(18)21-25-17-11-13(7-9-19(17)28-21)24-20(26)14-8-6-12(22)10-16(14)23/h2-11H,1H3,(H,24,26). The van der Waals surface area contributed by atoms with Gasteiger partial charge in [0.1, 0.15) is 11.3 Å².